The van der Waals surface area contributed by atoms with Crippen LogP contribution in [0.1, 0.15) is 21.7 Å². The van der Waals surface area contributed by atoms with Crippen molar-refractivity contribution in [2.24, 2.45) is 0 Å². The lowest BCUT2D eigenvalue weighted by atomic mass is 10.0. The molecule has 0 saturated carbocycles. The van der Waals surface area contributed by atoms with Crippen LogP contribution in [0.2, 0.25) is 0 Å². The first-order chi connectivity index (χ1) is 18.2. The van der Waals surface area contributed by atoms with Crippen molar-refractivity contribution in [2.75, 3.05) is 25.5 Å². The zero-order valence-electron chi connectivity index (χ0n) is 20.6. The number of carbonyl (C=O) groups excluding carboxylic acids is 1. The van der Waals surface area contributed by atoms with Crippen LogP contribution in [0.15, 0.2) is 60.8 Å². The summed E-state index contributed by atoms with van der Waals surface area (Å²) in [6.45, 7) is 0.0500. The minimum absolute atomic E-state index is 0.200. The van der Waals surface area contributed by atoms with E-state index in [1.807, 2.05) is 18.0 Å². The lowest BCUT2D eigenvalue weighted by Gasteiger charge is -2.33. The quantitative estimate of drug-likeness (QED) is 0.292. The second-order valence-electron chi connectivity index (χ2n) is 9.47. The van der Waals surface area contributed by atoms with Gasteiger partial charge in [-0.1, -0.05) is 24.3 Å². The summed E-state index contributed by atoms with van der Waals surface area (Å²) < 4.78 is 56.8. The molecule has 11 heteroatoms. The Morgan fingerprint density at radius 2 is 1.95 bits per heavy atom. The molecule has 1 fully saturated rings. The number of thiazole rings is 1. The number of likely N-dealkylation sites (tertiary alicyclic amines) is 1. The number of fused-ring (bicyclic) bond motifs is 1. The number of rotatable bonds is 7. The summed E-state index contributed by atoms with van der Waals surface area (Å²) in [7, 11) is 1.86. The highest BCUT2D eigenvalue weighted by atomic mass is 32.1. The number of amides is 1. The molecule has 0 unspecified atom stereocenters. The maximum Gasteiger partial charge on any atom is 0.406 e. The van der Waals surface area contributed by atoms with Crippen molar-refractivity contribution in [3.05, 3.63) is 71.2 Å². The highest BCUT2D eigenvalue weighted by Crippen LogP contribution is 2.37. The summed E-state index contributed by atoms with van der Waals surface area (Å²) in [5.41, 5.74) is 1.81. The summed E-state index contributed by atoms with van der Waals surface area (Å²) in [5.74, 6) is -0.248. The molecule has 1 amide bonds. The Hall–Kier alpha value is -3.44. The molecule has 38 heavy (non-hydrogen) atoms. The molecule has 3 heterocycles. The zero-order valence-corrected chi connectivity index (χ0v) is 21.5. The maximum atomic E-state index is 14.7. The lowest BCUT2D eigenvalue weighted by Crippen LogP contribution is -2.46. The van der Waals surface area contributed by atoms with E-state index in [9.17, 15) is 22.4 Å². The number of piperidine rings is 1. The standard InChI is InChI=1S/C27H27F4N5OS/c1-35-11-10-22(20(28)15-35)34-21-8-5-9-23-19(21)12-24(36(23)16-27(29,30)31)26-33-14-18(38-26)13-32-25(37)17-6-3-2-4-7-17/h2-9,12,14,20,22,34H,10-11,13,15-16H2,1H3,(H,32,37)/t20-,22+/m0/s1. The van der Waals surface area contributed by atoms with E-state index in [1.54, 1.807) is 54.7 Å². The van der Waals surface area contributed by atoms with Crippen LogP contribution in [0, 0.1) is 0 Å². The molecule has 0 radical (unpaired) electrons. The van der Waals surface area contributed by atoms with Crippen LogP contribution in [0.4, 0.5) is 23.2 Å². The molecule has 6 nitrogen and oxygen atoms in total. The SMILES string of the molecule is CN1CC[C@@H](Nc2cccc3c2cc(-c2ncc(CNC(=O)c4ccccc4)s2)n3CC(F)(F)F)[C@@H](F)C1. The molecular formula is C27H27F4N5OS. The fraction of sp³-hybridized carbons (Fsp3) is 0.333. The number of aromatic nitrogens is 2. The van der Waals surface area contributed by atoms with Crippen molar-refractivity contribution in [2.45, 2.75) is 37.9 Å². The highest BCUT2D eigenvalue weighted by Gasteiger charge is 2.32. The van der Waals surface area contributed by atoms with Crippen LogP contribution in [-0.2, 0) is 13.1 Å². The Balaban J connectivity index is 1.44. The van der Waals surface area contributed by atoms with Gasteiger partial charge in [-0.25, -0.2) is 9.37 Å². The fourth-order valence-corrected chi connectivity index (χ4v) is 5.60. The number of alkyl halides is 4. The Bertz CT molecular complexity index is 1420. The first-order valence-electron chi connectivity index (χ1n) is 12.2. The molecule has 2 aromatic heterocycles. The smallest absolute Gasteiger partial charge is 0.379 e. The van der Waals surface area contributed by atoms with Gasteiger partial charge in [0, 0.05) is 40.8 Å². The molecule has 0 bridgehead atoms. The van der Waals surface area contributed by atoms with E-state index in [0.29, 0.717) is 50.7 Å². The number of hydrogen-bond donors (Lipinski definition) is 2. The van der Waals surface area contributed by atoms with Gasteiger partial charge < -0.3 is 20.1 Å². The van der Waals surface area contributed by atoms with E-state index < -0.39 is 24.9 Å². The summed E-state index contributed by atoms with van der Waals surface area (Å²) in [6, 6.07) is 15.1. The number of halogens is 4. The minimum Gasteiger partial charge on any atom is -0.379 e. The highest BCUT2D eigenvalue weighted by molar-refractivity contribution is 7.15. The number of anilines is 1. The van der Waals surface area contributed by atoms with Gasteiger partial charge in [0.15, 0.2) is 0 Å². The van der Waals surface area contributed by atoms with Crippen LogP contribution < -0.4 is 10.6 Å². The van der Waals surface area contributed by atoms with Crippen LogP contribution in [-0.4, -0.2) is 58.9 Å². The molecule has 2 atom stereocenters. The third-order valence-electron chi connectivity index (χ3n) is 6.60. The van der Waals surface area contributed by atoms with Crippen molar-refractivity contribution in [1.29, 1.82) is 0 Å². The van der Waals surface area contributed by atoms with Crippen molar-refractivity contribution in [3.63, 3.8) is 0 Å². The number of benzene rings is 2. The Labute approximate surface area is 221 Å². The second kappa shape index (κ2) is 10.7. The van der Waals surface area contributed by atoms with Crippen molar-refractivity contribution in [3.8, 4) is 10.7 Å². The van der Waals surface area contributed by atoms with Gasteiger partial charge in [0.2, 0.25) is 0 Å². The van der Waals surface area contributed by atoms with Gasteiger partial charge in [0.05, 0.1) is 23.8 Å². The summed E-state index contributed by atoms with van der Waals surface area (Å²) in [4.78, 5) is 19.4. The van der Waals surface area contributed by atoms with Crippen LogP contribution in [0.5, 0.6) is 0 Å². The molecule has 0 aliphatic carbocycles. The van der Waals surface area contributed by atoms with Crippen LogP contribution in [0.3, 0.4) is 0 Å². The minimum atomic E-state index is -4.45. The largest absolute Gasteiger partial charge is 0.406 e. The van der Waals surface area contributed by atoms with Crippen molar-refractivity contribution >= 4 is 33.8 Å². The van der Waals surface area contributed by atoms with Gasteiger partial charge in [0.25, 0.3) is 5.91 Å². The first-order valence-corrected chi connectivity index (χ1v) is 13.1. The number of hydrogen-bond acceptors (Lipinski definition) is 5. The molecule has 4 aromatic rings. The molecule has 5 rings (SSSR count). The molecule has 2 N–H and O–H groups in total. The normalized spacial score (nSPS) is 18.6. The number of carbonyl (C=O) groups is 1. The molecule has 200 valence electrons. The van der Waals surface area contributed by atoms with Crippen molar-refractivity contribution in [1.82, 2.24) is 19.8 Å². The summed E-state index contributed by atoms with van der Waals surface area (Å²) >= 11 is 1.22. The van der Waals surface area contributed by atoms with E-state index in [4.69, 9.17) is 0 Å². The predicted octanol–water partition coefficient (Wildman–Crippen LogP) is 5.71. The maximum absolute atomic E-state index is 14.7. The average Bonchev–Trinajstić information content (AvgIpc) is 3.49. The van der Waals surface area contributed by atoms with Gasteiger partial charge in [-0.15, -0.1) is 11.3 Å². The first kappa shape index (κ1) is 26.2. The van der Waals surface area contributed by atoms with Crippen LogP contribution >= 0.6 is 11.3 Å². The van der Waals surface area contributed by atoms with Gasteiger partial charge in [-0.2, -0.15) is 13.2 Å². The van der Waals surface area contributed by atoms with E-state index >= 15 is 0 Å². The molecule has 1 saturated heterocycles. The average molecular weight is 546 g/mol. The van der Waals surface area contributed by atoms with Gasteiger partial charge in [0.1, 0.15) is 17.7 Å². The lowest BCUT2D eigenvalue weighted by molar-refractivity contribution is -0.139. The van der Waals surface area contributed by atoms with E-state index in [-0.39, 0.29) is 12.5 Å². The number of nitrogens with zero attached hydrogens (tertiary/aromatic N) is 3. The van der Waals surface area contributed by atoms with Crippen LogP contribution in [0.25, 0.3) is 21.6 Å². The second-order valence-corrected chi connectivity index (χ2v) is 10.6. The monoisotopic (exact) mass is 545 g/mol. The fourth-order valence-electron chi connectivity index (χ4n) is 4.72. The van der Waals surface area contributed by atoms with Gasteiger partial charge >= 0.3 is 6.18 Å². The zero-order chi connectivity index (χ0) is 26.9. The van der Waals surface area contributed by atoms with Crippen molar-refractivity contribution < 1.29 is 22.4 Å². The van der Waals surface area contributed by atoms with Gasteiger partial charge in [-0.05, 0) is 43.8 Å². The summed E-state index contributed by atoms with van der Waals surface area (Å²) in [6.07, 6.45) is -3.39. The van der Waals surface area contributed by atoms with Gasteiger partial charge in [-0.3, -0.25) is 4.79 Å². The van der Waals surface area contributed by atoms with E-state index in [1.165, 1.54) is 15.9 Å². The topological polar surface area (TPSA) is 62.2 Å². The Kier molecular flexibility index (Phi) is 7.40. The molecule has 1 aliphatic rings. The van der Waals surface area contributed by atoms with E-state index in [0.717, 1.165) is 6.54 Å². The predicted molar refractivity (Wildman–Crippen MR) is 141 cm³/mol. The molecular weight excluding hydrogens is 518 g/mol. The Morgan fingerprint density at radius 3 is 2.68 bits per heavy atom. The molecule has 1 aliphatic heterocycles. The summed E-state index contributed by atoms with van der Waals surface area (Å²) in [5, 5.41) is 7.04. The molecule has 2 aromatic carbocycles. The van der Waals surface area contributed by atoms with E-state index in [2.05, 4.69) is 15.6 Å². The number of nitrogens with one attached hydrogen (secondary N) is 2. The Morgan fingerprint density at radius 1 is 1.16 bits per heavy atom. The third kappa shape index (κ3) is 5.83. The third-order valence-corrected chi connectivity index (χ3v) is 7.62. The molecule has 0 spiro atoms.